The van der Waals surface area contributed by atoms with Crippen LogP contribution >= 0.6 is 24.8 Å². The molecule has 0 N–H and O–H groups in total. The molecule has 1 aliphatic rings. The summed E-state index contributed by atoms with van der Waals surface area (Å²) in [5.74, 6) is -0.195. The van der Waals surface area contributed by atoms with Gasteiger partial charge in [-0.15, -0.1) is 12.6 Å². The van der Waals surface area contributed by atoms with E-state index in [0.29, 0.717) is 4.32 Å². The van der Waals surface area contributed by atoms with Crippen molar-refractivity contribution in [3.63, 3.8) is 0 Å². The summed E-state index contributed by atoms with van der Waals surface area (Å²) in [6.07, 6.45) is 0. The number of benzene rings is 1. The van der Waals surface area contributed by atoms with Crippen molar-refractivity contribution >= 4 is 34.9 Å². The smallest absolute Gasteiger partial charge is 1.00 e. The standard InChI is InChI=1S/C11H13FN2S2.Na.H/c12-9-1-3-10(4-2-9)13-5-7-14(8-6-13)11(15)16;;/h1-4H,5-8H2,(H,15,16);;/q;+1;-1. The SMILES string of the molecule is Fc1ccc(N2CCN(C(=S)S)CC2)cc1.[H-].[Na+]. The van der Waals surface area contributed by atoms with Gasteiger partial charge < -0.3 is 11.2 Å². The molecule has 17 heavy (non-hydrogen) atoms. The first kappa shape index (κ1) is 15.2. The summed E-state index contributed by atoms with van der Waals surface area (Å²) in [5.41, 5.74) is 1.06. The van der Waals surface area contributed by atoms with E-state index in [9.17, 15) is 4.39 Å². The summed E-state index contributed by atoms with van der Waals surface area (Å²) >= 11 is 9.17. The fraction of sp³-hybridized carbons (Fsp3) is 0.364. The average Bonchev–Trinajstić information content (AvgIpc) is 2.30. The second kappa shape index (κ2) is 6.95. The van der Waals surface area contributed by atoms with Gasteiger partial charge in [0.2, 0.25) is 0 Å². The van der Waals surface area contributed by atoms with E-state index in [2.05, 4.69) is 22.4 Å². The fourth-order valence-corrected chi connectivity index (χ4v) is 2.19. The van der Waals surface area contributed by atoms with E-state index < -0.39 is 0 Å². The van der Waals surface area contributed by atoms with Crippen LogP contribution in [-0.4, -0.2) is 35.4 Å². The van der Waals surface area contributed by atoms with E-state index in [-0.39, 0.29) is 36.8 Å². The third-order valence-electron chi connectivity index (χ3n) is 2.74. The number of halogens is 1. The van der Waals surface area contributed by atoms with E-state index in [0.717, 1.165) is 31.9 Å². The molecule has 1 aromatic rings. The van der Waals surface area contributed by atoms with Crippen LogP contribution in [-0.2, 0) is 0 Å². The third kappa shape index (κ3) is 4.10. The Morgan fingerprint density at radius 3 is 2.18 bits per heavy atom. The summed E-state index contributed by atoms with van der Waals surface area (Å²) < 4.78 is 13.4. The van der Waals surface area contributed by atoms with Gasteiger partial charge in [0.25, 0.3) is 0 Å². The molecule has 0 saturated carbocycles. The Labute approximate surface area is 135 Å². The van der Waals surface area contributed by atoms with Crippen molar-refractivity contribution in [3.8, 4) is 0 Å². The summed E-state index contributed by atoms with van der Waals surface area (Å²) in [6, 6.07) is 6.60. The van der Waals surface area contributed by atoms with Gasteiger partial charge in [-0.3, -0.25) is 0 Å². The van der Waals surface area contributed by atoms with Gasteiger partial charge in [-0.2, -0.15) is 0 Å². The van der Waals surface area contributed by atoms with Gasteiger partial charge in [0.05, 0.1) is 0 Å². The van der Waals surface area contributed by atoms with Gasteiger partial charge in [-0.05, 0) is 24.3 Å². The number of thiocarbonyl (C=S) groups is 1. The van der Waals surface area contributed by atoms with Gasteiger partial charge in [0, 0.05) is 31.9 Å². The minimum Gasteiger partial charge on any atom is -1.00 e. The molecule has 0 radical (unpaired) electrons. The maximum atomic E-state index is 12.8. The van der Waals surface area contributed by atoms with Crippen molar-refractivity contribution < 1.29 is 35.4 Å². The van der Waals surface area contributed by atoms with Crippen LogP contribution in [0.1, 0.15) is 1.43 Å². The number of rotatable bonds is 1. The van der Waals surface area contributed by atoms with E-state index in [1.54, 1.807) is 0 Å². The van der Waals surface area contributed by atoms with E-state index in [1.807, 2.05) is 12.1 Å². The molecule has 1 fully saturated rings. The van der Waals surface area contributed by atoms with Crippen LogP contribution in [0.3, 0.4) is 0 Å². The van der Waals surface area contributed by atoms with Gasteiger partial charge in [-0.1, -0.05) is 12.2 Å². The first-order valence-corrected chi connectivity index (χ1v) is 6.01. The molecule has 0 aliphatic carbocycles. The zero-order valence-corrected chi connectivity index (χ0v) is 13.5. The normalized spacial score (nSPS) is 15.4. The van der Waals surface area contributed by atoms with Gasteiger partial charge >= 0.3 is 29.6 Å². The first-order valence-electron chi connectivity index (χ1n) is 5.15. The Kier molecular flexibility index (Phi) is 6.23. The van der Waals surface area contributed by atoms with Crippen molar-refractivity contribution in [2.45, 2.75) is 0 Å². The topological polar surface area (TPSA) is 6.48 Å². The molecule has 0 bridgehead atoms. The number of piperazine rings is 1. The first-order chi connectivity index (χ1) is 7.66. The largest absolute Gasteiger partial charge is 1.00 e. The van der Waals surface area contributed by atoms with Crippen LogP contribution in [0.25, 0.3) is 0 Å². The third-order valence-corrected chi connectivity index (χ3v) is 3.28. The van der Waals surface area contributed by atoms with Crippen LogP contribution in [0.5, 0.6) is 0 Å². The molecule has 1 saturated heterocycles. The van der Waals surface area contributed by atoms with E-state index >= 15 is 0 Å². The maximum absolute atomic E-state index is 12.8. The van der Waals surface area contributed by atoms with Crippen molar-refractivity contribution in [2.75, 3.05) is 31.1 Å². The van der Waals surface area contributed by atoms with Gasteiger partial charge in [0.15, 0.2) is 0 Å². The second-order valence-electron chi connectivity index (χ2n) is 3.73. The number of hydrogen-bond acceptors (Lipinski definition) is 2. The number of nitrogens with zero attached hydrogens (tertiary/aromatic N) is 2. The Morgan fingerprint density at radius 1 is 1.18 bits per heavy atom. The van der Waals surface area contributed by atoms with Crippen molar-refractivity contribution in [2.24, 2.45) is 0 Å². The summed E-state index contributed by atoms with van der Waals surface area (Å²) in [4.78, 5) is 4.29. The molecular weight excluding hydrogens is 266 g/mol. The van der Waals surface area contributed by atoms with E-state index in [1.165, 1.54) is 12.1 Å². The molecule has 1 aromatic carbocycles. The zero-order valence-electron chi connectivity index (χ0n) is 10.8. The Balaban J connectivity index is 0.00000144. The Morgan fingerprint density at radius 2 is 1.71 bits per heavy atom. The maximum Gasteiger partial charge on any atom is 1.00 e. The molecule has 6 heteroatoms. The summed E-state index contributed by atoms with van der Waals surface area (Å²) in [5, 5.41) is 0. The van der Waals surface area contributed by atoms with Crippen molar-refractivity contribution in [1.82, 2.24) is 4.90 Å². The van der Waals surface area contributed by atoms with E-state index in [4.69, 9.17) is 12.2 Å². The van der Waals surface area contributed by atoms with Crippen LogP contribution in [0.15, 0.2) is 24.3 Å². The molecule has 1 heterocycles. The molecular formula is C11H14FN2NaS2. The molecule has 0 aromatic heterocycles. The summed E-state index contributed by atoms with van der Waals surface area (Å²) in [7, 11) is 0. The monoisotopic (exact) mass is 280 g/mol. The quantitative estimate of drug-likeness (QED) is 0.412. The molecule has 0 unspecified atom stereocenters. The molecule has 88 valence electrons. The number of hydrogen-bond donors (Lipinski definition) is 1. The van der Waals surface area contributed by atoms with Gasteiger partial charge in [0.1, 0.15) is 10.1 Å². The summed E-state index contributed by atoms with van der Waals surface area (Å²) in [6.45, 7) is 3.54. The van der Waals surface area contributed by atoms with Crippen LogP contribution in [0, 0.1) is 5.82 Å². The Bertz CT molecular complexity index is 383. The second-order valence-corrected chi connectivity index (χ2v) is 4.85. The molecule has 0 atom stereocenters. The number of thiol groups is 1. The molecule has 0 amide bonds. The zero-order chi connectivity index (χ0) is 11.5. The molecule has 2 rings (SSSR count). The fourth-order valence-electron chi connectivity index (χ4n) is 1.81. The molecule has 1 aliphatic heterocycles. The van der Waals surface area contributed by atoms with Crippen LogP contribution in [0.2, 0.25) is 0 Å². The Hall–Kier alpha value is 0.190. The van der Waals surface area contributed by atoms with Gasteiger partial charge in [-0.25, -0.2) is 4.39 Å². The average molecular weight is 280 g/mol. The van der Waals surface area contributed by atoms with Crippen molar-refractivity contribution in [1.29, 1.82) is 0 Å². The number of anilines is 1. The molecule has 2 nitrogen and oxygen atoms in total. The van der Waals surface area contributed by atoms with Crippen LogP contribution in [0.4, 0.5) is 10.1 Å². The van der Waals surface area contributed by atoms with Crippen molar-refractivity contribution in [3.05, 3.63) is 30.1 Å². The predicted octanol–water partition coefficient (Wildman–Crippen LogP) is -0.721. The van der Waals surface area contributed by atoms with Crippen LogP contribution < -0.4 is 34.5 Å². The molecule has 0 spiro atoms. The predicted molar refractivity (Wildman–Crippen MR) is 72.9 cm³/mol. The minimum atomic E-state index is -0.195. The minimum absolute atomic E-state index is 0.